The van der Waals surface area contributed by atoms with Crippen LogP contribution in [0.25, 0.3) is 11.2 Å². The summed E-state index contributed by atoms with van der Waals surface area (Å²) in [5, 5.41) is 9.13. The van der Waals surface area contributed by atoms with Crippen molar-refractivity contribution in [3.05, 3.63) is 59.2 Å². The van der Waals surface area contributed by atoms with Gasteiger partial charge in [0.2, 0.25) is 0 Å². The molecule has 0 radical (unpaired) electrons. The van der Waals surface area contributed by atoms with Crippen LogP contribution in [-0.2, 0) is 11.3 Å². The van der Waals surface area contributed by atoms with E-state index in [1.807, 2.05) is 30.3 Å². The molecule has 3 aromatic rings. The molecule has 0 fully saturated rings. The molecule has 0 saturated heterocycles. The summed E-state index contributed by atoms with van der Waals surface area (Å²) in [4.78, 5) is 23.2. The van der Waals surface area contributed by atoms with Gasteiger partial charge in [-0.05, 0) is 17.7 Å². The highest BCUT2D eigenvalue weighted by Crippen LogP contribution is 2.29. The van der Waals surface area contributed by atoms with Gasteiger partial charge in [0.1, 0.15) is 28.9 Å². The Kier molecular flexibility index (Phi) is 2.87. The van der Waals surface area contributed by atoms with Crippen LogP contribution in [0, 0.1) is 0 Å². The average Bonchev–Trinajstić information content (AvgIpc) is 3.06. The lowest BCUT2D eigenvalue weighted by Gasteiger charge is -2.05. The summed E-state index contributed by atoms with van der Waals surface area (Å²) in [5.74, 6) is -1.90. The molecule has 1 aromatic carbocycles. The van der Waals surface area contributed by atoms with E-state index in [0.29, 0.717) is 0 Å². The van der Waals surface area contributed by atoms with Crippen LogP contribution in [0.5, 0.6) is 0 Å². The van der Waals surface area contributed by atoms with Crippen molar-refractivity contribution in [2.75, 3.05) is 0 Å². The number of ether oxygens (including phenoxy) is 1. The number of carbonyl (C=O) groups is 2. The number of fused-ring (bicyclic) bond motifs is 2. The van der Waals surface area contributed by atoms with Crippen molar-refractivity contribution in [3.8, 4) is 0 Å². The van der Waals surface area contributed by atoms with Crippen molar-refractivity contribution < 1.29 is 23.8 Å². The number of rotatable bonds is 4. The molecule has 20 heavy (non-hydrogen) atoms. The van der Waals surface area contributed by atoms with E-state index in [1.165, 1.54) is 6.07 Å². The number of carboxylic acid groups (broad SMARTS) is 1. The Morgan fingerprint density at radius 1 is 1.00 bits per heavy atom. The zero-order valence-corrected chi connectivity index (χ0v) is 10.3. The number of benzene rings is 2. The summed E-state index contributed by atoms with van der Waals surface area (Å²) in [5.41, 5.74) is 1.08. The molecule has 5 nitrogen and oxygen atoms in total. The predicted octanol–water partition coefficient (Wildman–Crippen LogP) is 2.93. The van der Waals surface area contributed by atoms with Crippen LogP contribution in [0.1, 0.15) is 26.3 Å². The van der Waals surface area contributed by atoms with Gasteiger partial charge in [-0.1, -0.05) is 30.3 Å². The first-order chi connectivity index (χ1) is 9.66. The maximum Gasteiger partial charge on any atom is 0.343 e. The monoisotopic (exact) mass is 270 g/mol. The summed E-state index contributed by atoms with van der Waals surface area (Å²) in [6, 6.07) is 12.2. The summed E-state index contributed by atoms with van der Waals surface area (Å²) in [7, 11) is 0. The lowest BCUT2D eigenvalue weighted by Crippen LogP contribution is -2.10. The highest BCUT2D eigenvalue weighted by atomic mass is 16.5. The molecule has 2 aromatic heterocycles. The molecule has 2 bridgehead atoms. The van der Waals surface area contributed by atoms with Crippen LogP contribution in [0.15, 0.2) is 46.9 Å². The molecule has 2 heterocycles. The Bertz CT molecular complexity index is 757. The third-order valence-electron chi connectivity index (χ3n) is 2.98. The van der Waals surface area contributed by atoms with Crippen LogP contribution in [0.4, 0.5) is 0 Å². The highest BCUT2D eigenvalue weighted by Gasteiger charge is 2.28. The average molecular weight is 270 g/mol. The molecule has 0 aliphatic rings. The van der Waals surface area contributed by atoms with Gasteiger partial charge in [0.05, 0.1) is 0 Å². The molecule has 0 atom stereocenters. The molecule has 0 aliphatic heterocycles. The Balaban J connectivity index is 1.83. The number of esters is 1. The minimum Gasteiger partial charge on any atom is -0.478 e. The van der Waals surface area contributed by atoms with Gasteiger partial charge in [-0.3, -0.25) is 0 Å². The molecule has 3 rings (SSSR count). The Morgan fingerprint density at radius 3 is 2.30 bits per heavy atom. The first-order valence-corrected chi connectivity index (χ1v) is 5.96. The van der Waals surface area contributed by atoms with Crippen molar-refractivity contribution in [2.45, 2.75) is 6.61 Å². The van der Waals surface area contributed by atoms with Crippen molar-refractivity contribution >= 4 is 23.1 Å². The van der Waals surface area contributed by atoms with Crippen molar-refractivity contribution in [1.29, 1.82) is 0 Å². The van der Waals surface area contributed by atoms with Gasteiger partial charge in [0.25, 0.3) is 0 Å². The van der Waals surface area contributed by atoms with Gasteiger partial charge in [-0.15, -0.1) is 0 Å². The fraction of sp³-hybridized carbons (Fsp3) is 0.0667. The summed E-state index contributed by atoms with van der Waals surface area (Å²) in [6.45, 7) is 0.0857. The van der Waals surface area contributed by atoms with E-state index in [1.54, 1.807) is 6.07 Å². The first kappa shape index (κ1) is 12.2. The lowest BCUT2D eigenvalue weighted by atomic mass is 10.1. The van der Waals surface area contributed by atoms with Crippen LogP contribution in [0.3, 0.4) is 0 Å². The van der Waals surface area contributed by atoms with Gasteiger partial charge >= 0.3 is 11.9 Å². The molecule has 5 heteroatoms. The van der Waals surface area contributed by atoms with Crippen LogP contribution < -0.4 is 0 Å². The van der Waals surface area contributed by atoms with Crippen molar-refractivity contribution in [2.24, 2.45) is 0 Å². The van der Waals surface area contributed by atoms with Gasteiger partial charge < -0.3 is 14.3 Å². The van der Waals surface area contributed by atoms with Crippen molar-refractivity contribution in [1.82, 2.24) is 0 Å². The molecule has 0 amide bonds. The zero-order valence-electron chi connectivity index (χ0n) is 10.3. The first-order valence-electron chi connectivity index (χ1n) is 5.96. The number of furan rings is 2. The SMILES string of the molecule is O=C(O)c1c(C(=O)OCc2ccccc2)c2ccc1o2. The maximum absolute atomic E-state index is 12.0. The Labute approximate surface area is 113 Å². The second kappa shape index (κ2) is 4.70. The van der Waals surface area contributed by atoms with E-state index in [-0.39, 0.29) is 28.9 Å². The van der Waals surface area contributed by atoms with E-state index in [9.17, 15) is 9.59 Å². The van der Waals surface area contributed by atoms with Gasteiger partial charge in [-0.2, -0.15) is 0 Å². The van der Waals surface area contributed by atoms with Gasteiger partial charge in [-0.25, -0.2) is 9.59 Å². The molecule has 0 spiro atoms. The quantitative estimate of drug-likeness (QED) is 0.737. The minimum atomic E-state index is -1.20. The van der Waals surface area contributed by atoms with E-state index in [2.05, 4.69) is 0 Å². The minimum absolute atomic E-state index is 0.0223. The summed E-state index contributed by atoms with van der Waals surface area (Å²) >= 11 is 0. The van der Waals surface area contributed by atoms with Gasteiger partial charge in [0.15, 0.2) is 0 Å². The third-order valence-corrected chi connectivity index (χ3v) is 2.98. The summed E-state index contributed by atoms with van der Waals surface area (Å²) in [6.07, 6.45) is 0. The van der Waals surface area contributed by atoms with E-state index in [0.717, 1.165) is 5.56 Å². The van der Waals surface area contributed by atoms with Crippen LogP contribution >= 0.6 is 0 Å². The normalized spacial score (nSPS) is 10.8. The second-order valence-corrected chi connectivity index (χ2v) is 4.28. The molecule has 0 unspecified atom stereocenters. The third kappa shape index (κ3) is 1.99. The number of hydrogen-bond donors (Lipinski definition) is 1. The van der Waals surface area contributed by atoms with Crippen LogP contribution in [0.2, 0.25) is 0 Å². The van der Waals surface area contributed by atoms with E-state index < -0.39 is 11.9 Å². The standard InChI is InChI=1S/C15H10O5/c16-14(17)12-10-6-7-11(20-10)13(12)15(18)19-8-9-4-2-1-3-5-9/h1-7H,8H2,(H,16,17). The predicted molar refractivity (Wildman–Crippen MR) is 69.9 cm³/mol. The number of carbonyl (C=O) groups excluding carboxylic acids is 1. The lowest BCUT2D eigenvalue weighted by molar-refractivity contribution is 0.0466. The van der Waals surface area contributed by atoms with Crippen LogP contribution in [-0.4, -0.2) is 17.0 Å². The largest absolute Gasteiger partial charge is 0.478 e. The topological polar surface area (TPSA) is 76.7 Å². The molecule has 1 N–H and O–H groups in total. The smallest absolute Gasteiger partial charge is 0.343 e. The molecular formula is C15H10O5. The van der Waals surface area contributed by atoms with E-state index >= 15 is 0 Å². The van der Waals surface area contributed by atoms with Gasteiger partial charge in [0, 0.05) is 0 Å². The maximum atomic E-state index is 12.0. The van der Waals surface area contributed by atoms with E-state index in [4.69, 9.17) is 14.3 Å². The Hall–Kier alpha value is -2.82. The number of carboxylic acids is 1. The number of aromatic carboxylic acids is 1. The zero-order chi connectivity index (χ0) is 14.1. The molecule has 0 aliphatic carbocycles. The molecule has 0 saturated carbocycles. The molecule has 100 valence electrons. The summed E-state index contributed by atoms with van der Waals surface area (Å²) < 4.78 is 10.3. The second-order valence-electron chi connectivity index (χ2n) is 4.28. The molecular weight excluding hydrogens is 260 g/mol. The fourth-order valence-electron chi connectivity index (χ4n) is 2.06. The Morgan fingerprint density at radius 2 is 1.65 bits per heavy atom. The van der Waals surface area contributed by atoms with Crippen molar-refractivity contribution in [3.63, 3.8) is 0 Å². The fourth-order valence-corrected chi connectivity index (χ4v) is 2.06. The number of hydrogen-bond acceptors (Lipinski definition) is 4. The highest BCUT2D eigenvalue weighted by molar-refractivity contribution is 6.12.